The second-order valence-electron chi connectivity index (χ2n) is 6.99. The van der Waals surface area contributed by atoms with Crippen LogP contribution in [-0.4, -0.2) is 33.6 Å². The van der Waals surface area contributed by atoms with Crippen molar-refractivity contribution in [2.24, 2.45) is 0 Å². The average Bonchev–Trinajstić information content (AvgIpc) is 3.64. The van der Waals surface area contributed by atoms with Crippen molar-refractivity contribution in [1.29, 1.82) is 0 Å². The first-order valence-electron chi connectivity index (χ1n) is 9.77. The van der Waals surface area contributed by atoms with E-state index in [9.17, 15) is 39.9 Å². The number of carbonyl (C=O) groups excluding carboxylic acids is 2. The Morgan fingerprint density at radius 2 is 1.19 bits per heavy atom. The molecule has 2 heterocycles. The highest BCUT2D eigenvalue weighted by molar-refractivity contribution is 8.33. The highest BCUT2D eigenvalue weighted by Crippen LogP contribution is 2.50. The molecule has 2 aliphatic heterocycles. The molecule has 1 aliphatic carbocycles. The van der Waals surface area contributed by atoms with Gasteiger partial charge in [-0.15, -0.1) is 0 Å². The monoisotopic (exact) mass is 577 g/mol. The highest BCUT2D eigenvalue weighted by atomic mass is 32.2. The van der Waals surface area contributed by atoms with Crippen LogP contribution < -0.4 is 0 Å². The summed E-state index contributed by atoms with van der Waals surface area (Å²) in [6.45, 7) is 0. The topological polar surface area (TPSA) is 173 Å². The number of esters is 1. The lowest BCUT2D eigenvalue weighted by Gasteiger charge is -2.05. The van der Waals surface area contributed by atoms with Gasteiger partial charge in [0.15, 0.2) is 5.78 Å². The number of non-ortho nitro benzene ring substituents is 1. The molecule has 0 bridgehead atoms. The Bertz CT molecular complexity index is 1460. The lowest BCUT2D eigenvalue weighted by atomic mass is 9.99. The van der Waals surface area contributed by atoms with Crippen molar-refractivity contribution in [2.45, 2.75) is 0 Å². The number of nitro benzene ring substituents is 3. The number of thioether (sulfide) groups is 4. The minimum Gasteiger partial charge on any atom is -0.465 e. The van der Waals surface area contributed by atoms with Crippen LogP contribution in [0.25, 0.3) is 11.1 Å². The van der Waals surface area contributed by atoms with Gasteiger partial charge in [-0.25, -0.2) is 4.79 Å². The largest absolute Gasteiger partial charge is 0.465 e. The average molecular weight is 578 g/mol. The summed E-state index contributed by atoms with van der Waals surface area (Å²) < 4.78 is 7.35. The molecule has 37 heavy (non-hydrogen) atoms. The second kappa shape index (κ2) is 10.8. The van der Waals surface area contributed by atoms with E-state index >= 15 is 0 Å². The quantitative estimate of drug-likeness (QED) is 0.189. The molecule has 0 saturated carbocycles. The van der Waals surface area contributed by atoms with Crippen LogP contribution in [0, 0.1) is 30.3 Å². The molecule has 5 rings (SSSR count). The summed E-state index contributed by atoms with van der Waals surface area (Å²) in [6, 6.07) is 3.27. The molecule has 0 amide bonds. The van der Waals surface area contributed by atoms with E-state index in [0.29, 0.717) is 6.07 Å². The Morgan fingerprint density at radius 1 is 0.730 bits per heavy atom. The molecular formula is C21H11N3O9S4. The molecule has 0 spiro atoms. The molecule has 0 fully saturated rings. The highest BCUT2D eigenvalue weighted by Gasteiger charge is 2.41. The Balaban J connectivity index is 0.000000265. The van der Waals surface area contributed by atoms with E-state index in [-0.39, 0.29) is 16.7 Å². The maximum Gasteiger partial charge on any atom is 0.338 e. The number of ketones is 1. The molecule has 3 aliphatic rings. The fourth-order valence-corrected chi connectivity index (χ4v) is 7.54. The maximum absolute atomic E-state index is 12.7. The molecule has 16 heteroatoms. The number of rotatable bonds is 4. The number of fused-ring (bicyclic) bond motifs is 3. The molecule has 188 valence electrons. The number of ether oxygens (including phenoxy) is 1. The molecule has 0 radical (unpaired) electrons. The van der Waals surface area contributed by atoms with Gasteiger partial charge in [0, 0.05) is 23.3 Å². The summed E-state index contributed by atoms with van der Waals surface area (Å²) >= 11 is 7.28. The number of hydrogen-bond donors (Lipinski definition) is 0. The fourth-order valence-electron chi connectivity index (χ4n) is 3.50. The first-order chi connectivity index (χ1) is 17.6. The van der Waals surface area contributed by atoms with E-state index < -0.39 is 54.7 Å². The van der Waals surface area contributed by atoms with E-state index in [1.807, 2.05) is 47.0 Å². The van der Waals surface area contributed by atoms with E-state index in [1.165, 1.54) is 8.47 Å². The SMILES string of the molecule is C1=CSC(=C2SC=CS2)S1.COC(=O)c1cc2c(c([N+](=O)[O-])c1)-c1c(cc([N+](=O)[O-])cc1[N+](=O)[O-])C2=O. The lowest BCUT2D eigenvalue weighted by molar-refractivity contribution is -0.394. The van der Waals surface area contributed by atoms with Crippen molar-refractivity contribution in [3.8, 4) is 11.1 Å². The van der Waals surface area contributed by atoms with Crippen LogP contribution >= 0.6 is 47.0 Å². The van der Waals surface area contributed by atoms with Gasteiger partial charge in [-0.3, -0.25) is 35.1 Å². The van der Waals surface area contributed by atoms with Gasteiger partial charge in [-0.2, -0.15) is 0 Å². The molecule has 0 unspecified atom stereocenters. The summed E-state index contributed by atoms with van der Waals surface area (Å²) in [6.07, 6.45) is 0. The molecule has 0 aromatic heterocycles. The van der Waals surface area contributed by atoms with Crippen LogP contribution in [0.2, 0.25) is 0 Å². The predicted octanol–water partition coefficient (Wildman–Crippen LogP) is 6.42. The molecule has 0 N–H and O–H groups in total. The van der Waals surface area contributed by atoms with Gasteiger partial charge in [0.25, 0.3) is 17.1 Å². The Morgan fingerprint density at radius 3 is 1.62 bits per heavy atom. The fraction of sp³-hybridized carbons (Fsp3) is 0.0476. The lowest BCUT2D eigenvalue weighted by Crippen LogP contribution is -2.05. The minimum absolute atomic E-state index is 0.304. The number of nitrogens with zero attached hydrogens (tertiary/aromatic N) is 3. The van der Waals surface area contributed by atoms with Gasteiger partial charge >= 0.3 is 5.97 Å². The molecule has 0 atom stereocenters. The first kappa shape index (κ1) is 26.5. The standard InChI is InChI=1S/C15H7N3O9.C6H4S4/c1-27-15(20)6-2-8-12(10(3-6)17(23)24)13-9(14(8)19)4-7(16(21)22)5-11(13)18(25)26;1-2-8-5(7-1)6-9-3-4-10-6/h2-5H,1H3;1-4H. The van der Waals surface area contributed by atoms with E-state index in [0.717, 1.165) is 25.3 Å². The minimum atomic E-state index is -0.966. The smallest absolute Gasteiger partial charge is 0.338 e. The second-order valence-corrected chi connectivity index (χ2v) is 11.2. The van der Waals surface area contributed by atoms with Gasteiger partial charge < -0.3 is 4.74 Å². The zero-order chi connectivity index (χ0) is 26.9. The van der Waals surface area contributed by atoms with E-state index in [2.05, 4.69) is 26.4 Å². The normalized spacial score (nSPS) is 14.7. The van der Waals surface area contributed by atoms with Gasteiger partial charge in [-0.05, 0) is 27.7 Å². The van der Waals surface area contributed by atoms with Crippen LogP contribution in [-0.2, 0) is 4.74 Å². The van der Waals surface area contributed by atoms with Crippen molar-refractivity contribution >= 4 is 75.9 Å². The number of nitro groups is 3. The Kier molecular flexibility index (Phi) is 7.72. The predicted molar refractivity (Wildman–Crippen MR) is 142 cm³/mol. The third-order valence-electron chi connectivity index (χ3n) is 4.96. The number of carbonyl (C=O) groups is 2. The van der Waals surface area contributed by atoms with Gasteiger partial charge in [0.1, 0.15) is 0 Å². The zero-order valence-electron chi connectivity index (χ0n) is 18.3. The van der Waals surface area contributed by atoms with Crippen LogP contribution in [0.15, 0.2) is 54.4 Å². The van der Waals surface area contributed by atoms with Crippen molar-refractivity contribution in [1.82, 2.24) is 0 Å². The van der Waals surface area contributed by atoms with Crippen LogP contribution in [0.3, 0.4) is 0 Å². The van der Waals surface area contributed by atoms with Gasteiger partial charge in [-0.1, -0.05) is 47.0 Å². The van der Waals surface area contributed by atoms with Crippen LogP contribution in [0.5, 0.6) is 0 Å². The molecular weight excluding hydrogens is 567 g/mol. The van der Waals surface area contributed by atoms with Crippen molar-refractivity contribution in [3.05, 3.63) is 101 Å². The van der Waals surface area contributed by atoms with E-state index in [1.54, 1.807) is 0 Å². The van der Waals surface area contributed by atoms with Crippen molar-refractivity contribution < 1.29 is 29.1 Å². The number of benzene rings is 2. The van der Waals surface area contributed by atoms with Gasteiger partial charge in [0.2, 0.25) is 0 Å². The summed E-state index contributed by atoms with van der Waals surface area (Å²) in [7, 11) is 1.03. The third kappa shape index (κ3) is 5.13. The summed E-state index contributed by atoms with van der Waals surface area (Å²) in [5.74, 6) is -1.86. The third-order valence-corrected chi connectivity index (χ3v) is 9.74. The van der Waals surface area contributed by atoms with Crippen LogP contribution in [0.1, 0.15) is 26.3 Å². The molecule has 0 saturated heterocycles. The summed E-state index contributed by atoms with van der Waals surface area (Å²) in [4.78, 5) is 55.5. The molecule has 12 nitrogen and oxygen atoms in total. The van der Waals surface area contributed by atoms with E-state index in [4.69, 9.17) is 0 Å². The molecule has 2 aromatic rings. The van der Waals surface area contributed by atoms with Crippen LogP contribution in [0.4, 0.5) is 17.1 Å². The van der Waals surface area contributed by atoms with Gasteiger partial charge in [0.05, 0.1) is 53.1 Å². The van der Waals surface area contributed by atoms with Crippen molar-refractivity contribution in [3.63, 3.8) is 0 Å². The Labute approximate surface area is 224 Å². The summed E-state index contributed by atoms with van der Waals surface area (Å²) in [5.41, 5.74) is -4.09. The number of methoxy groups -OCH3 is 1. The Hall–Kier alpha value is -3.60. The maximum atomic E-state index is 12.7. The van der Waals surface area contributed by atoms with Crippen molar-refractivity contribution in [2.75, 3.05) is 7.11 Å². The molecule has 2 aromatic carbocycles. The summed E-state index contributed by atoms with van der Waals surface area (Å²) in [5, 5.41) is 42.4. The first-order valence-corrected chi connectivity index (χ1v) is 13.3. The zero-order valence-corrected chi connectivity index (χ0v) is 21.5. The number of hydrogen-bond acceptors (Lipinski definition) is 13.